The Morgan fingerprint density at radius 2 is 1.92 bits per heavy atom. The van der Waals surface area contributed by atoms with Gasteiger partial charge in [0.05, 0.1) is 13.7 Å². The van der Waals surface area contributed by atoms with Gasteiger partial charge in [0.15, 0.2) is 17.5 Å². The maximum Gasteiger partial charge on any atom is 0.231 e. The van der Waals surface area contributed by atoms with Crippen molar-refractivity contribution in [3.05, 3.63) is 53.6 Å². The van der Waals surface area contributed by atoms with Crippen LogP contribution in [0.4, 0.5) is 0 Å². The highest BCUT2D eigenvalue weighted by molar-refractivity contribution is 14.0. The smallest absolute Gasteiger partial charge is 0.231 e. The molecule has 1 heterocycles. The Balaban J connectivity index is 0.00000243. The number of hydrogen-bond donors (Lipinski definition) is 2. The number of rotatable bonds is 6. The summed E-state index contributed by atoms with van der Waals surface area (Å²) in [6.07, 6.45) is 0. The third-order valence-electron chi connectivity index (χ3n) is 3.80. The van der Waals surface area contributed by atoms with E-state index in [-0.39, 0.29) is 30.8 Å². The van der Waals surface area contributed by atoms with Crippen LogP contribution in [0.15, 0.2) is 47.5 Å². The van der Waals surface area contributed by atoms with E-state index in [2.05, 4.69) is 15.6 Å². The molecule has 0 unspecified atom stereocenters. The number of fused-ring (bicyclic) bond motifs is 1. The predicted molar refractivity (Wildman–Crippen MR) is 113 cm³/mol. The second-order valence-electron chi connectivity index (χ2n) is 5.59. The fourth-order valence-electron chi connectivity index (χ4n) is 2.52. The van der Waals surface area contributed by atoms with Crippen LogP contribution >= 0.6 is 24.0 Å². The summed E-state index contributed by atoms with van der Waals surface area (Å²) < 4.78 is 16.0. The standard InChI is InChI=1S/C19H23N3O3.HI/c1-3-20-19(21-11-14-5-4-6-16(9-14)23-2)22-12-15-7-8-17-18(10-15)25-13-24-17;/h4-10H,3,11-13H2,1-2H3,(H2,20,21,22);1H. The average molecular weight is 469 g/mol. The Morgan fingerprint density at radius 1 is 1.08 bits per heavy atom. The fourth-order valence-corrected chi connectivity index (χ4v) is 2.52. The number of methoxy groups -OCH3 is 1. The van der Waals surface area contributed by atoms with Gasteiger partial charge >= 0.3 is 0 Å². The van der Waals surface area contributed by atoms with Crippen LogP contribution in [0, 0.1) is 0 Å². The van der Waals surface area contributed by atoms with Gasteiger partial charge in [-0.3, -0.25) is 0 Å². The zero-order valence-corrected chi connectivity index (χ0v) is 17.3. The Labute approximate surface area is 171 Å². The molecule has 0 amide bonds. The van der Waals surface area contributed by atoms with Gasteiger partial charge in [-0.25, -0.2) is 4.99 Å². The molecule has 26 heavy (non-hydrogen) atoms. The van der Waals surface area contributed by atoms with Gasteiger partial charge in [-0.1, -0.05) is 18.2 Å². The molecule has 0 spiro atoms. The van der Waals surface area contributed by atoms with Crippen LogP contribution in [-0.4, -0.2) is 26.4 Å². The minimum Gasteiger partial charge on any atom is -0.497 e. The van der Waals surface area contributed by atoms with Gasteiger partial charge in [0, 0.05) is 13.1 Å². The summed E-state index contributed by atoms with van der Waals surface area (Å²) in [5, 5.41) is 6.59. The highest BCUT2D eigenvalue weighted by atomic mass is 127. The summed E-state index contributed by atoms with van der Waals surface area (Å²) in [6, 6.07) is 13.9. The number of benzene rings is 2. The van der Waals surface area contributed by atoms with Crippen molar-refractivity contribution in [1.82, 2.24) is 10.6 Å². The first-order valence-corrected chi connectivity index (χ1v) is 8.32. The van der Waals surface area contributed by atoms with Crippen molar-refractivity contribution < 1.29 is 14.2 Å². The molecule has 140 valence electrons. The molecule has 2 aromatic carbocycles. The topological polar surface area (TPSA) is 64.1 Å². The Kier molecular flexibility index (Phi) is 7.83. The minimum absolute atomic E-state index is 0. The molecule has 0 saturated carbocycles. The zero-order chi connectivity index (χ0) is 17.5. The van der Waals surface area contributed by atoms with Crippen molar-refractivity contribution in [3.63, 3.8) is 0 Å². The van der Waals surface area contributed by atoms with E-state index in [4.69, 9.17) is 14.2 Å². The molecule has 0 bridgehead atoms. The molecule has 1 aliphatic heterocycles. The average Bonchev–Trinajstić information content (AvgIpc) is 3.12. The minimum atomic E-state index is 0. The van der Waals surface area contributed by atoms with E-state index in [1.807, 2.05) is 49.4 Å². The lowest BCUT2D eigenvalue weighted by atomic mass is 10.2. The van der Waals surface area contributed by atoms with Crippen molar-refractivity contribution in [2.45, 2.75) is 20.0 Å². The fraction of sp³-hybridized carbons (Fsp3) is 0.316. The van der Waals surface area contributed by atoms with E-state index < -0.39 is 0 Å². The van der Waals surface area contributed by atoms with Gasteiger partial charge in [-0.05, 0) is 42.3 Å². The van der Waals surface area contributed by atoms with E-state index in [9.17, 15) is 0 Å². The number of nitrogens with one attached hydrogen (secondary N) is 2. The van der Waals surface area contributed by atoms with Gasteiger partial charge in [0.2, 0.25) is 6.79 Å². The molecule has 1 aliphatic rings. The molecule has 2 aromatic rings. The van der Waals surface area contributed by atoms with Crippen molar-refractivity contribution in [3.8, 4) is 17.2 Å². The molecule has 0 aliphatic carbocycles. The molecule has 3 rings (SSSR count). The zero-order valence-electron chi connectivity index (χ0n) is 15.0. The van der Waals surface area contributed by atoms with E-state index in [0.29, 0.717) is 13.1 Å². The molecule has 0 saturated heterocycles. The molecule has 0 atom stereocenters. The van der Waals surface area contributed by atoms with Crippen LogP contribution in [0.2, 0.25) is 0 Å². The highest BCUT2D eigenvalue weighted by Gasteiger charge is 2.13. The van der Waals surface area contributed by atoms with E-state index in [1.54, 1.807) is 7.11 Å². The van der Waals surface area contributed by atoms with Crippen LogP contribution in [-0.2, 0) is 13.1 Å². The van der Waals surface area contributed by atoms with Crippen LogP contribution in [0.25, 0.3) is 0 Å². The third kappa shape index (κ3) is 5.42. The second kappa shape index (κ2) is 10.1. The molecule has 0 fully saturated rings. The van der Waals surface area contributed by atoms with Crippen molar-refractivity contribution in [1.29, 1.82) is 0 Å². The van der Waals surface area contributed by atoms with Crippen molar-refractivity contribution >= 4 is 29.9 Å². The van der Waals surface area contributed by atoms with E-state index >= 15 is 0 Å². The highest BCUT2D eigenvalue weighted by Crippen LogP contribution is 2.32. The monoisotopic (exact) mass is 469 g/mol. The second-order valence-corrected chi connectivity index (χ2v) is 5.59. The van der Waals surface area contributed by atoms with Crippen molar-refractivity contribution in [2.75, 3.05) is 20.4 Å². The van der Waals surface area contributed by atoms with E-state index in [0.717, 1.165) is 40.9 Å². The van der Waals surface area contributed by atoms with Gasteiger partial charge < -0.3 is 24.8 Å². The number of halogens is 1. The number of aliphatic imine (C=N–C) groups is 1. The largest absolute Gasteiger partial charge is 0.497 e. The van der Waals surface area contributed by atoms with Crippen LogP contribution in [0.3, 0.4) is 0 Å². The first-order chi connectivity index (χ1) is 12.3. The number of ether oxygens (including phenoxy) is 3. The van der Waals surface area contributed by atoms with Crippen molar-refractivity contribution in [2.24, 2.45) is 4.99 Å². The summed E-state index contributed by atoms with van der Waals surface area (Å²) in [6.45, 7) is 4.36. The Morgan fingerprint density at radius 3 is 2.73 bits per heavy atom. The lowest BCUT2D eigenvalue weighted by Gasteiger charge is -2.12. The van der Waals surface area contributed by atoms with Gasteiger partial charge in [0.25, 0.3) is 0 Å². The maximum atomic E-state index is 5.41. The summed E-state index contributed by atoms with van der Waals surface area (Å²) in [5.41, 5.74) is 2.20. The SMILES string of the molecule is CCNC(=NCc1cccc(OC)c1)NCc1ccc2c(c1)OCO2.I. The Hall–Kier alpha value is -2.16. The molecule has 0 aromatic heterocycles. The first-order valence-electron chi connectivity index (χ1n) is 8.32. The predicted octanol–water partition coefficient (Wildman–Crippen LogP) is 3.30. The molecule has 0 radical (unpaired) electrons. The molecule has 7 heteroatoms. The number of nitrogens with zero attached hydrogens (tertiary/aromatic N) is 1. The number of hydrogen-bond acceptors (Lipinski definition) is 4. The molecular formula is C19H24IN3O3. The molecular weight excluding hydrogens is 445 g/mol. The lowest BCUT2D eigenvalue weighted by Crippen LogP contribution is -2.36. The van der Waals surface area contributed by atoms with Gasteiger partial charge in [-0.2, -0.15) is 0 Å². The third-order valence-corrected chi connectivity index (χ3v) is 3.80. The van der Waals surface area contributed by atoms with Crippen LogP contribution < -0.4 is 24.8 Å². The molecule has 6 nitrogen and oxygen atoms in total. The molecule has 2 N–H and O–H groups in total. The summed E-state index contributed by atoms with van der Waals surface area (Å²) in [5.74, 6) is 3.19. The van der Waals surface area contributed by atoms with Gasteiger partial charge in [0.1, 0.15) is 5.75 Å². The summed E-state index contributed by atoms with van der Waals surface area (Å²) in [7, 11) is 1.67. The Bertz CT molecular complexity index is 753. The first kappa shape index (κ1) is 20.2. The van der Waals surface area contributed by atoms with E-state index in [1.165, 1.54) is 0 Å². The van der Waals surface area contributed by atoms with Crippen LogP contribution in [0.1, 0.15) is 18.1 Å². The lowest BCUT2D eigenvalue weighted by molar-refractivity contribution is 0.174. The maximum absolute atomic E-state index is 5.41. The summed E-state index contributed by atoms with van der Waals surface area (Å²) in [4.78, 5) is 4.63. The number of guanidine groups is 1. The normalized spacial score (nSPS) is 12.3. The van der Waals surface area contributed by atoms with Gasteiger partial charge in [-0.15, -0.1) is 24.0 Å². The quantitative estimate of drug-likeness (QED) is 0.386. The van der Waals surface area contributed by atoms with Crippen LogP contribution in [0.5, 0.6) is 17.2 Å². The summed E-state index contributed by atoms with van der Waals surface area (Å²) >= 11 is 0.